The molecule has 1 atom stereocenters. The molecule has 0 bridgehead atoms. The van der Waals surface area contributed by atoms with Crippen LogP contribution in [0.15, 0.2) is 82.8 Å². The van der Waals surface area contributed by atoms with Crippen LogP contribution in [-0.4, -0.2) is 32.8 Å². The SMILES string of the molecule is COc1ccc(C2=NN(S(=O)(=O)c3ccc(C)cc3)[C@@H](c3ccccc3)C2)cc1OC. The van der Waals surface area contributed by atoms with Crippen molar-refractivity contribution in [2.45, 2.75) is 24.3 Å². The van der Waals surface area contributed by atoms with Gasteiger partial charge in [0.1, 0.15) is 0 Å². The van der Waals surface area contributed by atoms with E-state index in [2.05, 4.69) is 5.10 Å². The standard InChI is InChI=1S/C24H24N2O4S/c1-17-9-12-20(13-10-17)31(27,28)26-22(18-7-5-4-6-8-18)16-21(25-26)19-11-14-23(29-2)24(15-19)30-3/h4-15,22H,16H2,1-3H3/t22-/m1/s1. The maximum absolute atomic E-state index is 13.5. The van der Waals surface area contributed by atoms with Crippen molar-refractivity contribution in [2.24, 2.45) is 5.10 Å². The Morgan fingerprint density at radius 2 is 1.58 bits per heavy atom. The predicted octanol–water partition coefficient (Wildman–Crippen LogP) is 4.55. The van der Waals surface area contributed by atoms with E-state index in [-0.39, 0.29) is 4.90 Å². The molecule has 0 aromatic heterocycles. The number of sulfonamides is 1. The Hall–Kier alpha value is -3.32. The van der Waals surface area contributed by atoms with Crippen LogP contribution < -0.4 is 9.47 Å². The molecule has 0 radical (unpaired) electrons. The zero-order valence-electron chi connectivity index (χ0n) is 17.6. The minimum atomic E-state index is -3.83. The molecule has 0 unspecified atom stereocenters. The van der Waals surface area contributed by atoms with Crippen LogP contribution in [-0.2, 0) is 10.0 Å². The van der Waals surface area contributed by atoms with E-state index in [0.717, 1.165) is 16.7 Å². The Morgan fingerprint density at radius 3 is 2.23 bits per heavy atom. The molecule has 31 heavy (non-hydrogen) atoms. The number of nitrogens with zero attached hydrogens (tertiary/aromatic N) is 2. The van der Waals surface area contributed by atoms with E-state index in [1.54, 1.807) is 44.6 Å². The summed E-state index contributed by atoms with van der Waals surface area (Å²) in [5, 5.41) is 4.58. The first kappa shape index (κ1) is 20.9. The number of aryl methyl sites for hydroxylation is 1. The van der Waals surface area contributed by atoms with Crippen molar-refractivity contribution in [3.05, 3.63) is 89.5 Å². The summed E-state index contributed by atoms with van der Waals surface area (Å²) in [6, 6.07) is 21.4. The Kier molecular flexibility index (Phi) is 5.69. The van der Waals surface area contributed by atoms with Crippen LogP contribution >= 0.6 is 0 Å². The lowest BCUT2D eigenvalue weighted by atomic mass is 9.99. The Labute approximate surface area is 182 Å². The van der Waals surface area contributed by atoms with Gasteiger partial charge in [-0.05, 0) is 42.8 Å². The van der Waals surface area contributed by atoms with Crippen LogP contribution in [0.3, 0.4) is 0 Å². The summed E-state index contributed by atoms with van der Waals surface area (Å²) >= 11 is 0. The van der Waals surface area contributed by atoms with Gasteiger partial charge in [0.05, 0.1) is 30.9 Å². The van der Waals surface area contributed by atoms with E-state index in [0.29, 0.717) is 23.6 Å². The monoisotopic (exact) mass is 436 g/mol. The van der Waals surface area contributed by atoms with Crippen molar-refractivity contribution in [1.82, 2.24) is 4.41 Å². The van der Waals surface area contributed by atoms with Crippen LogP contribution in [0.5, 0.6) is 11.5 Å². The summed E-state index contributed by atoms with van der Waals surface area (Å²) in [6.07, 6.45) is 0.449. The zero-order valence-corrected chi connectivity index (χ0v) is 18.5. The lowest BCUT2D eigenvalue weighted by Crippen LogP contribution is -2.27. The van der Waals surface area contributed by atoms with Crippen LogP contribution in [0.2, 0.25) is 0 Å². The molecule has 3 aromatic rings. The van der Waals surface area contributed by atoms with Gasteiger partial charge in [-0.25, -0.2) is 0 Å². The van der Waals surface area contributed by atoms with Crippen molar-refractivity contribution in [3.8, 4) is 11.5 Å². The Morgan fingerprint density at radius 1 is 0.903 bits per heavy atom. The van der Waals surface area contributed by atoms with Crippen LogP contribution in [0, 0.1) is 6.92 Å². The molecular weight excluding hydrogens is 412 g/mol. The molecule has 0 aliphatic carbocycles. The molecule has 1 heterocycles. The summed E-state index contributed by atoms with van der Waals surface area (Å²) < 4.78 is 39.0. The van der Waals surface area contributed by atoms with Crippen molar-refractivity contribution in [2.75, 3.05) is 14.2 Å². The average Bonchev–Trinajstić information content (AvgIpc) is 3.26. The number of benzene rings is 3. The third-order valence-corrected chi connectivity index (χ3v) is 7.04. The number of hydrogen-bond donors (Lipinski definition) is 0. The van der Waals surface area contributed by atoms with Gasteiger partial charge in [-0.1, -0.05) is 48.0 Å². The summed E-state index contributed by atoms with van der Waals surface area (Å²) in [5.74, 6) is 1.17. The van der Waals surface area contributed by atoms with E-state index < -0.39 is 16.1 Å². The highest BCUT2D eigenvalue weighted by atomic mass is 32.2. The molecule has 160 valence electrons. The maximum Gasteiger partial charge on any atom is 0.279 e. The molecule has 0 amide bonds. The maximum atomic E-state index is 13.5. The van der Waals surface area contributed by atoms with E-state index >= 15 is 0 Å². The molecule has 0 spiro atoms. The zero-order chi connectivity index (χ0) is 22.0. The normalized spacial score (nSPS) is 16.2. The fourth-order valence-electron chi connectivity index (χ4n) is 3.64. The van der Waals surface area contributed by atoms with Crippen LogP contribution in [0.4, 0.5) is 0 Å². The van der Waals surface area contributed by atoms with E-state index in [1.165, 1.54) is 4.41 Å². The van der Waals surface area contributed by atoms with Crippen LogP contribution in [0.1, 0.15) is 29.2 Å². The first-order valence-electron chi connectivity index (χ1n) is 9.90. The van der Waals surface area contributed by atoms with Gasteiger partial charge in [-0.2, -0.15) is 17.9 Å². The smallest absolute Gasteiger partial charge is 0.279 e. The summed E-state index contributed by atoms with van der Waals surface area (Å²) in [5.41, 5.74) is 3.34. The van der Waals surface area contributed by atoms with Gasteiger partial charge in [0.15, 0.2) is 11.5 Å². The molecule has 1 aliphatic heterocycles. The average molecular weight is 437 g/mol. The Bertz CT molecular complexity index is 1210. The molecule has 1 aliphatic rings. The van der Waals surface area contributed by atoms with Gasteiger partial charge < -0.3 is 9.47 Å². The topological polar surface area (TPSA) is 68.2 Å². The lowest BCUT2D eigenvalue weighted by molar-refractivity contribution is 0.355. The fraction of sp³-hybridized carbons (Fsp3) is 0.208. The summed E-state index contributed by atoms with van der Waals surface area (Å²) in [7, 11) is -0.689. The van der Waals surface area contributed by atoms with E-state index in [9.17, 15) is 8.42 Å². The second kappa shape index (κ2) is 8.43. The molecule has 0 saturated carbocycles. The second-order valence-corrected chi connectivity index (χ2v) is 9.13. The number of methoxy groups -OCH3 is 2. The van der Waals surface area contributed by atoms with Crippen LogP contribution in [0.25, 0.3) is 0 Å². The number of hydrazone groups is 1. The van der Waals surface area contributed by atoms with Gasteiger partial charge in [0.2, 0.25) is 0 Å². The Balaban J connectivity index is 1.79. The van der Waals surface area contributed by atoms with Crippen molar-refractivity contribution < 1.29 is 17.9 Å². The molecule has 4 rings (SSSR count). The first-order chi connectivity index (χ1) is 14.9. The predicted molar refractivity (Wildman–Crippen MR) is 120 cm³/mol. The number of ether oxygens (including phenoxy) is 2. The van der Waals surface area contributed by atoms with Crippen molar-refractivity contribution in [3.63, 3.8) is 0 Å². The second-order valence-electron chi connectivity index (χ2n) is 7.34. The number of hydrogen-bond acceptors (Lipinski definition) is 5. The van der Waals surface area contributed by atoms with Gasteiger partial charge in [-0.3, -0.25) is 0 Å². The molecule has 7 heteroatoms. The molecule has 6 nitrogen and oxygen atoms in total. The molecule has 3 aromatic carbocycles. The largest absolute Gasteiger partial charge is 0.493 e. The van der Waals surface area contributed by atoms with Crippen molar-refractivity contribution in [1.29, 1.82) is 0 Å². The molecule has 0 N–H and O–H groups in total. The molecular formula is C24H24N2O4S. The quantitative estimate of drug-likeness (QED) is 0.568. The van der Waals surface area contributed by atoms with Gasteiger partial charge in [-0.15, -0.1) is 0 Å². The lowest BCUT2D eigenvalue weighted by Gasteiger charge is -2.23. The first-order valence-corrected chi connectivity index (χ1v) is 11.3. The van der Waals surface area contributed by atoms with Gasteiger partial charge in [0, 0.05) is 12.0 Å². The van der Waals surface area contributed by atoms with Gasteiger partial charge >= 0.3 is 0 Å². The third-order valence-electron chi connectivity index (χ3n) is 5.34. The minimum Gasteiger partial charge on any atom is -0.493 e. The van der Waals surface area contributed by atoms with Crippen molar-refractivity contribution >= 4 is 15.7 Å². The summed E-state index contributed by atoms with van der Waals surface area (Å²) in [6.45, 7) is 1.92. The number of rotatable bonds is 6. The highest BCUT2D eigenvalue weighted by molar-refractivity contribution is 7.89. The highest BCUT2D eigenvalue weighted by Crippen LogP contribution is 2.38. The van der Waals surface area contributed by atoms with Gasteiger partial charge in [0.25, 0.3) is 10.0 Å². The molecule has 0 fully saturated rings. The fourth-order valence-corrected chi connectivity index (χ4v) is 5.08. The van der Waals surface area contributed by atoms with E-state index in [4.69, 9.17) is 9.47 Å². The van der Waals surface area contributed by atoms with E-state index in [1.807, 2.05) is 49.4 Å². The third kappa shape index (κ3) is 4.01. The summed E-state index contributed by atoms with van der Waals surface area (Å²) in [4.78, 5) is 0.219. The minimum absolute atomic E-state index is 0.219. The molecule has 0 saturated heterocycles. The highest BCUT2D eigenvalue weighted by Gasteiger charge is 2.37.